The first-order valence-corrected chi connectivity index (χ1v) is 11.1. The highest BCUT2D eigenvalue weighted by molar-refractivity contribution is 8.26. The number of benzene rings is 2. The van der Waals surface area contributed by atoms with E-state index in [4.69, 9.17) is 12.2 Å². The Labute approximate surface area is 190 Å². The Morgan fingerprint density at radius 3 is 2.39 bits per heavy atom. The lowest BCUT2D eigenvalue weighted by Gasteiger charge is -2.17. The van der Waals surface area contributed by atoms with Gasteiger partial charge in [-0.05, 0) is 24.1 Å². The lowest BCUT2D eigenvalue weighted by atomic mass is 10.1. The molecular formula is C23H21N3O3S2. The molecule has 2 heterocycles. The highest BCUT2D eigenvalue weighted by Gasteiger charge is 2.42. The molecule has 0 radical (unpaired) electrons. The second kappa shape index (κ2) is 8.64. The molecule has 0 aromatic heterocycles. The number of hydrogen-bond donors (Lipinski definition) is 1. The SMILES string of the molecule is CC(C)CN1C(=O)/C(=C2/C(=O)N(CC(=O)Nc3ccccc3)c3ccccc32)SC1=S. The van der Waals surface area contributed by atoms with E-state index in [1.54, 1.807) is 35.2 Å². The zero-order valence-electron chi connectivity index (χ0n) is 17.1. The number of amides is 3. The third-order valence-electron chi connectivity index (χ3n) is 4.91. The zero-order valence-corrected chi connectivity index (χ0v) is 18.8. The van der Waals surface area contributed by atoms with Crippen LogP contribution in [0.5, 0.6) is 0 Å². The monoisotopic (exact) mass is 451 g/mol. The molecule has 1 saturated heterocycles. The maximum absolute atomic E-state index is 13.4. The Morgan fingerprint density at radius 1 is 1.00 bits per heavy atom. The molecule has 1 fully saturated rings. The van der Waals surface area contributed by atoms with Crippen LogP contribution in [-0.4, -0.2) is 40.0 Å². The normalized spacial score (nSPS) is 18.2. The predicted octanol–water partition coefficient (Wildman–Crippen LogP) is 3.90. The highest BCUT2D eigenvalue weighted by Crippen LogP contribution is 2.44. The minimum atomic E-state index is -0.366. The smallest absolute Gasteiger partial charge is 0.267 e. The summed E-state index contributed by atoms with van der Waals surface area (Å²) in [6.45, 7) is 4.37. The largest absolute Gasteiger partial charge is 0.325 e. The molecule has 1 N–H and O–H groups in total. The summed E-state index contributed by atoms with van der Waals surface area (Å²) in [6, 6.07) is 16.3. The van der Waals surface area contributed by atoms with E-state index in [9.17, 15) is 14.4 Å². The van der Waals surface area contributed by atoms with Crippen molar-refractivity contribution in [1.82, 2.24) is 4.90 Å². The van der Waals surface area contributed by atoms with Crippen LogP contribution in [0.15, 0.2) is 59.5 Å². The topological polar surface area (TPSA) is 69.7 Å². The molecule has 0 aliphatic carbocycles. The summed E-state index contributed by atoms with van der Waals surface area (Å²) in [5.74, 6) is -0.688. The van der Waals surface area contributed by atoms with Gasteiger partial charge < -0.3 is 5.32 Å². The first-order chi connectivity index (χ1) is 14.9. The molecule has 0 saturated carbocycles. The molecule has 2 aromatic rings. The van der Waals surface area contributed by atoms with Crippen LogP contribution in [0.4, 0.5) is 11.4 Å². The average Bonchev–Trinajstić information content (AvgIpc) is 3.16. The Kier molecular flexibility index (Phi) is 5.93. The van der Waals surface area contributed by atoms with E-state index in [0.717, 1.165) is 11.8 Å². The summed E-state index contributed by atoms with van der Waals surface area (Å²) < 4.78 is 0.451. The van der Waals surface area contributed by atoms with Crippen molar-refractivity contribution in [3.8, 4) is 0 Å². The number of anilines is 2. The zero-order chi connectivity index (χ0) is 22.1. The van der Waals surface area contributed by atoms with Crippen molar-refractivity contribution in [1.29, 1.82) is 0 Å². The predicted molar refractivity (Wildman–Crippen MR) is 128 cm³/mol. The van der Waals surface area contributed by atoms with Crippen molar-refractivity contribution >= 4 is 63.0 Å². The third-order valence-corrected chi connectivity index (χ3v) is 6.35. The number of thiocarbonyl (C=S) groups is 1. The average molecular weight is 452 g/mol. The molecule has 2 aromatic carbocycles. The summed E-state index contributed by atoms with van der Waals surface area (Å²) in [5.41, 5.74) is 2.22. The van der Waals surface area contributed by atoms with Crippen molar-refractivity contribution in [2.24, 2.45) is 5.92 Å². The maximum atomic E-state index is 13.4. The number of rotatable bonds is 5. The number of carbonyl (C=O) groups excluding carboxylic acids is 3. The van der Waals surface area contributed by atoms with Crippen molar-refractivity contribution in [3.05, 3.63) is 65.1 Å². The quantitative estimate of drug-likeness (QED) is 0.552. The fourth-order valence-corrected chi connectivity index (χ4v) is 4.94. The van der Waals surface area contributed by atoms with Gasteiger partial charge in [0.05, 0.1) is 16.2 Å². The molecule has 158 valence electrons. The summed E-state index contributed by atoms with van der Waals surface area (Å²) in [4.78, 5) is 42.4. The van der Waals surface area contributed by atoms with Crippen LogP contribution in [-0.2, 0) is 14.4 Å². The van der Waals surface area contributed by atoms with Crippen molar-refractivity contribution in [3.63, 3.8) is 0 Å². The number of carbonyl (C=O) groups is 3. The second-order valence-electron chi connectivity index (χ2n) is 7.70. The molecule has 4 rings (SSSR count). The minimum absolute atomic E-state index is 0.152. The van der Waals surface area contributed by atoms with E-state index in [1.807, 2.05) is 38.1 Å². The first kappa shape index (κ1) is 21.3. The number of thioether (sulfide) groups is 1. The van der Waals surface area contributed by atoms with Gasteiger partial charge in [0.25, 0.3) is 11.8 Å². The lowest BCUT2D eigenvalue weighted by Crippen LogP contribution is -2.35. The summed E-state index contributed by atoms with van der Waals surface area (Å²) in [7, 11) is 0. The number of hydrogen-bond acceptors (Lipinski definition) is 5. The maximum Gasteiger partial charge on any atom is 0.267 e. The standard InChI is InChI=1S/C23H21N3O3S2/c1-14(2)12-26-22(29)20(31-23(26)30)19-16-10-6-7-11-17(16)25(21(19)28)13-18(27)24-15-8-4-3-5-9-15/h3-11,14H,12-13H2,1-2H3,(H,24,27)/b20-19-. The van der Waals surface area contributed by atoms with Gasteiger partial charge in [-0.2, -0.15) is 0 Å². The number of para-hydroxylation sites is 2. The minimum Gasteiger partial charge on any atom is -0.325 e. The van der Waals surface area contributed by atoms with Crippen LogP contribution in [0.3, 0.4) is 0 Å². The van der Waals surface area contributed by atoms with Gasteiger partial charge in [0.1, 0.15) is 10.9 Å². The molecule has 8 heteroatoms. The summed E-state index contributed by atoms with van der Waals surface area (Å²) in [6.07, 6.45) is 0. The molecular weight excluding hydrogens is 430 g/mol. The van der Waals surface area contributed by atoms with Gasteiger partial charge in [0.15, 0.2) is 0 Å². The first-order valence-electron chi connectivity index (χ1n) is 9.91. The van der Waals surface area contributed by atoms with Gasteiger partial charge in [-0.15, -0.1) is 0 Å². The fourth-order valence-electron chi connectivity index (χ4n) is 3.59. The van der Waals surface area contributed by atoms with Crippen molar-refractivity contribution in [2.75, 3.05) is 23.3 Å². The highest BCUT2D eigenvalue weighted by atomic mass is 32.2. The Morgan fingerprint density at radius 2 is 1.68 bits per heavy atom. The van der Waals surface area contributed by atoms with Gasteiger partial charge in [0.2, 0.25) is 5.91 Å². The summed E-state index contributed by atoms with van der Waals surface area (Å²) in [5, 5.41) is 2.80. The third kappa shape index (κ3) is 4.13. The molecule has 2 aliphatic heterocycles. The Bertz CT molecular complexity index is 1110. The van der Waals surface area contributed by atoms with Crippen LogP contribution >= 0.6 is 24.0 Å². The van der Waals surface area contributed by atoms with E-state index < -0.39 is 0 Å². The van der Waals surface area contributed by atoms with Crippen LogP contribution < -0.4 is 10.2 Å². The van der Waals surface area contributed by atoms with Crippen molar-refractivity contribution < 1.29 is 14.4 Å². The molecule has 2 aliphatic rings. The fraction of sp³-hybridized carbons (Fsp3) is 0.217. The van der Waals surface area contributed by atoms with Gasteiger partial charge >= 0.3 is 0 Å². The van der Waals surface area contributed by atoms with E-state index in [0.29, 0.717) is 38.3 Å². The van der Waals surface area contributed by atoms with Crippen LogP contribution in [0.1, 0.15) is 19.4 Å². The summed E-state index contributed by atoms with van der Waals surface area (Å²) >= 11 is 6.55. The molecule has 0 unspecified atom stereocenters. The van der Waals surface area contributed by atoms with E-state index in [-0.39, 0.29) is 30.2 Å². The Hall–Kier alpha value is -2.97. The van der Waals surface area contributed by atoms with Crippen molar-refractivity contribution in [2.45, 2.75) is 13.8 Å². The molecule has 0 spiro atoms. The van der Waals surface area contributed by atoms with Crippen LogP contribution in [0.2, 0.25) is 0 Å². The van der Waals surface area contributed by atoms with Crippen LogP contribution in [0, 0.1) is 5.92 Å². The molecule has 0 bridgehead atoms. The number of nitrogens with one attached hydrogen (secondary N) is 1. The lowest BCUT2D eigenvalue weighted by molar-refractivity contribution is -0.122. The molecule has 6 nitrogen and oxygen atoms in total. The van der Waals surface area contributed by atoms with E-state index in [2.05, 4.69) is 5.32 Å². The molecule has 0 atom stereocenters. The van der Waals surface area contributed by atoms with E-state index >= 15 is 0 Å². The number of nitrogens with zero attached hydrogens (tertiary/aromatic N) is 2. The molecule has 3 amide bonds. The van der Waals surface area contributed by atoms with Gasteiger partial charge in [-0.3, -0.25) is 24.2 Å². The van der Waals surface area contributed by atoms with Gasteiger partial charge in [-0.1, -0.05) is 74.2 Å². The second-order valence-corrected chi connectivity index (χ2v) is 9.35. The van der Waals surface area contributed by atoms with Gasteiger partial charge in [0, 0.05) is 17.8 Å². The van der Waals surface area contributed by atoms with Crippen LogP contribution in [0.25, 0.3) is 5.57 Å². The Balaban J connectivity index is 1.65. The van der Waals surface area contributed by atoms with Gasteiger partial charge in [-0.25, -0.2) is 0 Å². The van der Waals surface area contributed by atoms with E-state index in [1.165, 1.54) is 4.90 Å². The molecule has 31 heavy (non-hydrogen) atoms. The number of fused-ring (bicyclic) bond motifs is 1.